The maximum absolute atomic E-state index is 11.8. The van der Waals surface area contributed by atoms with Crippen molar-refractivity contribution in [3.05, 3.63) is 0 Å². The summed E-state index contributed by atoms with van der Waals surface area (Å²) in [6.07, 6.45) is 2.43. The summed E-state index contributed by atoms with van der Waals surface area (Å²) >= 11 is 0. The summed E-state index contributed by atoms with van der Waals surface area (Å²) in [4.78, 5) is 24.0. The largest absolute Gasteiger partial charge is 0.480 e. The van der Waals surface area contributed by atoms with Gasteiger partial charge in [-0.1, -0.05) is 19.8 Å². The van der Waals surface area contributed by atoms with Crippen molar-refractivity contribution < 1.29 is 14.7 Å². The lowest BCUT2D eigenvalue weighted by atomic mass is 10.0. The van der Waals surface area contributed by atoms with E-state index in [0.29, 0.717) is 6.42 Å². The smallest absolute Gasteiger partial charge is 0.329 e. The molecule has 0 fully saturated rings. The van der Waals surface area contributed by atoms with Crippen LogP contribution in [0.2, 0.25) is 0 Å². The molecule has 0 radical (unpaired) electrons. The molecule has 0 aromatic carbocycles. The van der Waals surface area contributed by atoms with E-state index in [1.165, 1.54) is 25.8 Å². The number of carboxylic acids is 1. The maximum Gasteiger partial charge on any atom is 0.329 e. The minimum Gasteiger partial charge on any atom is -0.480 e. The van der Waals surface area contributed by atoms with E-state index in [1.54, 1.807) is 0 Å². The Hall–Kier alpha value is -1.10. The van der Waals surface area contributed by atoms with E-state index in [-0.39, 0.29) is 5.91 Å². The van der Waals surface area contributed by atoms with Gasteiger partial charge in [-0.2, -0.15) is 0 Å². The lowest BCUT2D eigenvalue weighted by molar-refractivity contribution is -0.155. The first-order valence-corrected chi connectivity index (χ1v) is 5.51. The van der Waals surface area contributed by atoms with Crippen LogP contribution >= 0.6 is 0 Å². The summed E-state index contributed by atoms with van der Waals surface area (Å²) in [5.74, 6) is -1.35. The van der Waals surface area contributed by atoms with E-state index in [0.717, 1.165) is 12.8 Å². The van der Waals surface area contributed by atoms with E-state index >= 15 is 0 Å². The molecular formula is C11H22N2O3. The Balaban J connectivity index is 4.54. The summed E-state index contributed by atoms with van der Waals surface area (Å²) in [5, 5.41) is 8.98. The van der Waals surface area contributed by atoms with E-state index in [9.17, 15) is 9.59 Å². The molecule has 5 heteroatoms. The monoisotopic (exact) mass is 230 g/mol. The standard InChI is InChI=1S/C11H22N2O3/c1-5-6-7-8(12)9(14)13(4)11(2,3)10(15)16/h8H,5-7,12H2,1-4H3,(H,15,16). The molecule has 0 bridgehead atoms. The van der Waals surface area contributed by atoms with Crippen LogP contribution in [0.1, 0.15) is 40.0 Å². The number of unbranched alkanes of at least 4 members (excludes halogenated alkanes) is 1. The van der Waals surface area contributed by atoms with Crippen molar-refractivity contribution in [2.24, 2.45) is 5.73 Å². The van der Waals surface area contributed by atoms with Gasteiger partial charge >= 0.3 is 5.97 Å². The van der Waals surface area contributed by atoms with Gasteiger partial charge in [0.2, 0.25) is 5.91 Å². The lowest BCUT2D eigenvalue weighted by Gasteiger charge is -2.33. The molecule has 1 atom stereocenters. The van der Waals surface area contributed by atoms with Crippen LogP contribution in [0.3, 0.4) is 0 Å². The van der Waals surface area contributed by atoms with Crippen molar-refractivity contribution in [2.75, 3.05) is 7.05 Å². The minimum absolute atomic E-state index is 0.319. The van der Waals surface area contributed by atoms with Gasteiger partial charge in [-0.05, 0) is 20.3 Å². The molecule has 0 aliphatic carbocycles. The van der Waals surface area contributed by atoms with Crippen LogP contribution in [0.25, 0.3) is 0 Å². The van der Waals surface area contributed by atoms with Crippen LogP contribution in [0, 0.1) is 0 Å². The Morgan fingerprint density at radius 1 is 1.44 bits per heavy atom. The van der Waals surface area contributed by atoms with Crippen molar-refractivity contribution in [3.63, 3.8) is 0 Å². The van der Waals surface area contributed by atoms with Gasteiger partial charge in [-0.25, -0.2) is 4.79 Å². The minimum atomic E-state index is -1.22. The third-order valence-corrected chi connectivity index (χ3v) is 2.88. The second kappa shape index (κ2) is 5.84. The fraction of sp³-hybridized carbons (Fsp3) is 0.818. The zero-order valence-electron chi connectivity index (χ0n) is 10.5. The average molecular weight is 230 g/mol. The summed E-state index contributed by atoms with van der Waals surface area (Å²) in [6.45, 7) is 4.99. The highest BCUT2D eigenvalue weighted by molar-refractivity contribution is 5.88. The van der Waals surface area contributed by atoms with E-state index in [2.05, 4.69) is 0 Å². The van der Waals surface area contributed by atoms with Gasteiger partial charge in [0, 0.05) is 7.05 Å². The van der Waals surface area contributed by atoms with Crippen LogP contribution < -0.4 is 5.73 Å². The van der Waals surface area contributed by atoms with Crippen LogP contribution in [0.5, 0.6) is 0 Å². The van der Waals surface area contributed by atoms with Crippen molar-refractivity contribution in [1.82, 2.24) is 4.90 Å². The van der Waals surface area contributed by atoms with Crippen molar-refractivity contribution in [3.8, 4) is 0 Å². The van der Waals surface area contributed by atoms with Gasteiger partial charge in [0.25, 0.3) is 0 Å². The fourth-order valence-corrected chi connectivity index (χ4v) is 1.22. The van der Waals surface area contributed by atoms with Crippen LogP contribution in [-0.4, -0.2) is 40.5 Å². The number of nitrogens with zero attached hydrogens (tertiary/aromatic N) is 1. The normalized spacial score (nSPS) is 13.3. The molecule has 0 aliphatic heterocycles. The van der Waals surface area contributed by atoms with Crippen LogP contribution in [-0.2, 0) is 9.59 Å². The van der Waals surface area contributed by atoms with Crippen molar-refractivity contribution in [1.29, 1.82) is 0 Å². The number of amides is 1. The molecule has 1 amide bonds. The average Bonchev–Trinajstić information content (AvgIpc) is 2.23. The highest BCUT2D eigenvalue weighted by Gasteiger charge is 2.36. The van der Waals surface area contributed by atoms with Crippen LogP contribution in [0.4, 0.5) is 0 Å². The molecule has 0 rings (SSSR count). The molecule has 5 nitrogen and oxygen atoms in total. The Morgan fingerprint density at radius 3 is 2.31 bits per heavy atom. The number of aliphatic carboxylic acids is 1. The molecule has 16 heavy (non-hydrogen) atoms. The van der Waals surface area contributed by atoms with Gasteiger partial charge in [0.15, 0.2) is 0 Å². The second-order valence-electron chi connectivity index (χ2n) is 4.51. The Morgan fingerprint density at radius 2 is 1.94 bits per heavy atom. The Bertz CT molecular complexity index is 264. The van der Waals surface area contributed by atoms with Crippen LogP contribution in [0.15, 0.2) is 0 Å². The highest BCUT2D eigenvalue weighted by atomic mass is 16.4. The van der Waals surface area contributed by atoms with E-state index < -0.39 is 17.6 Å². The fourth-order valence-electron chi connectivity index (χ4n) is 1.22. The predicted octanol–water partition coefficient (Wildman–Crippen LogP) is 0.825. The molecule has 94 valence electrons. The number of carbonyl (C=O) groups is 2. The first kappa shape index (κ1) is 14.9. The quantitative estimate of drug-likeness (QED) is 0.707. The predicted molar refractivity (Wildman–Crippen MR) is 62.0 cm³/mol. The second-order valence-corrected chi connectivity index (χ2v) is 4.51. The number of hydrogen-bond acceptors (Lipinski definition) is 3. The molecule has 0 heterocycles. The zero-order chi connectivity index (χ0) is 12.9. The first-order valence-electron chi connectivity index (χ1n) is 5.51. The summed E-state index contributed by atoms with van der Waals surface area (Å²) < 4.78 is 0. The molecule has 3 N–H and O–H groups in total. The van der Waals surface area contributed by atoms with Gasteiger partial charge in [-0.3, -0.25) is 4.79 Å². The number of nitrogens with two attached hydrogens (primary N) is 1. The molecule has 0 aliphatic rings. The number of rotatable bonds is 6. The highest BCUT2D eigenvalue weighted by Crippen LogP contribution is 2.14. The number of carbonyl (C=O) groups excluding carboxylic acids is 1. The SMILES string of the molecule is CCCCC(N)C(=O)N(C)C(C)(C)C(=O)O. The molecule has 0 saturated heterocycles. The van der Waals surface area contributed by atoms with Crippen molar-refractivity contribution in [2.45, 2.75) is 51.6 Å². The third-order valence-electron chi connectivity index (χ3n) is 2.88. The van der Waals surface area contributed by atoms with E-state index in [1.807, 2.05) is 6.92 Å². The van der Waals surface area contributed by atoms with Gasteiger partial charge in [-0.15, -0.1) is 0 Å². The summed E-state index contributed by atoms with van der Waals surface area (Å²) in [7, 11) is 1.47. The number of hydrogen-bond donors (Lipinski definition) is 2. The lowest BCUT2D eigenvalue weighted by Crippen LogP contribution is -2.55. The molecule has 0 saturated carbocycles. The Labute approximate surface area is 96.6 Å². The number of likely N-dealkylation sites (N-methyl/N-ethyl adjacent to an activating group) is 1. The van der Waals surface area contributed by atoms with E-state index in [4.69, 9.17) is 10.8 Å². The van der Waals surface area contributed by atoms with Gasteiger partial charge < -0.3 is 15.7 Å². The molecule has 0 aromatic heterocycles. The van der Waals surface area contributed by atoms with Gasteiger partial charge in [0.05, 0.1) is 6.04 Å². The first-order chi connectivity index (χ1) is 7.25. The molecule has 0 spiro atoms. The van der Waals surface area contributed by atoms with Crippen molar-refractivity contribution >= 4 is 11.9 Å². The van der Waals surface area contributed by atoms with Gasteiger partial charge in [0.1, 0.15) is 5.54 Å². The molecular weight excluding hydrogens is 208 g/mol. The third kappa shape index (κ3) is 3.48. The number of carboxylic acid groups (broad SMARTS) is 1. The summed E-state index contributed by atoms with van der Waals surface area (Å²) in [5.41, 5.74) is 4.50. The molecule has 1 unspecified atom stereocenters. The maximum atomic E-state index is 11.8. The Kier molecular flexibility index (Phi) is 5.44. The summed E-state index contributed by atoms with van der Waals surface area (Å²) in [6, 6.07) is -0.608. The topological polar surface area (TPSA) is 83.6 Å². The molecule has 0 aromatic rings. The zero-order valence-corrected chi connectivity index (χ0v) is 10.5.